The average Bonchev–Trinajstić information content (AvgIpc) is 2.72. The Labute approximate surface area is 91.0 Å². The summed E-state index contributed by atoms with van der Waals surface area (Å²) >= 11 is 0. The third-order valence-corrected chi connectivity index (χ3v) is 2.28. The normalized spacial score (nSPS) is 10.8. The Balaban J connectivity index is 2.22. The van der Waals surface area contributed by atoms with Crippen LogP contribution in [0.4, 0.5) is 0 Å². The second kappa shape index (κ2) is 3.34. The minimum Gasteiger partial charge on any atom is -0.265 e. The van der Waals surface area contributed by atoms with Gasteiger partial charge in [-0.15, -0.1) is 5.10 Å². The molecule has 0 bridgehead atoms. The van der Waals surface area contributed by atoms with Gasteiger partial charge in [-0.1, -0.05) is 5.21 Å². The smallest absolute Gasteiger partial charge is 0.182 e. The van der Waals surface area contributed by atoms with Crippen LogP contribution in [0, 0.1) is 0 Å². The monoisotopic (exact) mass is 212 g/mol. The minimum atomic E-state index is 0.653. The number of nitrogens with zero attached hydrogens (tertiary/aromatic N) is 6. The summed E-state index contributed by atoms with van der Waals surface area (Å²) in [5.41, 5.74) is 2.35. The zero-order valence-corrected chi connectivity index (χ0v) is 8.57. The summed E-state index contributed by atoms with van der Waals surface area (Å²) < 4.78 is 1.63. The highest BCUT2D eigenvalue weighted by molar-refractivity contribution is 5.71. The van der Waals surface area contributed by atoms with Crippen LogP contribution in [-0.4, -0.2) is 29.9 Å². The molecule has 0 amide bonds. The Kier molecular flexibility index (Phi) is 1.86. The SMILES string of the molecule is Cn1nnc2cnc(-c3ccncc3)nc21. The Morgan fingerprint density at radius 1 is 1.19 bits per heavy atom. The summed E-state index contributed by atoms with van der Waals surface area (Å²) in [6.45, 7) is 0. The second-order valence-corrected chi connectivity index (χ2v) is 3.35. The van der Waals surface area contributed by atoms with Gasteiger partial charge in [0.15, 0.2) is 17.0 Å². The van der Waals surface area contributed by atoms with Gasteiger partial charge in [0, 0.05) is 25.0 Å². The van der Waals surface area contributed by atoms with Gasteiger partial charge in [-0.05, 0) is 12.1 Å². The first-order valence-electron chi connectivity index (χ1n) is 4.77. The van der Waals surface area contributed by atoms with Crippen molar-refractivity contribution < 1.29 is 0 Å². The van der Waals surface area contributed by atoms with Crippen molar-refractivity contribution in [2.24, 2.45) is 7.05 Å². The van der Waals surface area contributed by atoms with E-state index >= 15 is 0 Å². The third-order valence-electron chi connectivity index (χ3n) is 2.28. The highest BCUT2D eigenvalue weighted by Crippen LogP contribution is 2.15. The lowest BCUT2D eigenvalue weighted by Crippen LogP contribution is -1.95. The Hall–Kier alpha value is -2.37. The van der Waals surface area contributed by atoms with Crippen molar-refractivity contribution in [3.05, 3.63) is 30.7 Å². The van der Waals surface area contributed by atoms with E-state index in [1.54, 1.807) is 30.3 Å². The van der Waals surface area contributed by atoms with Crippen LogP contribution in [0.5, 0.6) is 0 Å². The molecular formula is C10H8N6. The molecule has 6 nitrogen and oxygen atoms in total. The fourth-order valence-corrected chi connectivity index (χ4v) is 1.47. The van der Waals surface area contributed by atoms with Gasteiger partial charge in [-0.25, -0.2) is 14.6 Å². The van der Waals surface area contributed by atoms with Crippen LogP contribution in [0.25, 0.3) is 22.6 Å². The van der Waals surface area contributed by atoms with Gasteiger partial charge in [0.1, 0.15) is 0 Å². The van der Waals surface area contributed by atoms with Gasteiger partial charge in [-0.3, -0.25) is 4.98 Å². The predicted molar refractivity (Wildman–Crippen MR) is 57.3 cm³/mol. The quantitative estimate of drug-likeness (QED) is 0.597. The molecule has 0 unspecified atom stereocenters. The minimum absolute atomic E-state index is 0.653. The molecule has 0 atom stereocenters. The van der Waals surface area contributed by atoms with E-state index in [0.29, 0.717) is 11.3 Å². The molecule has 0 saturated heterocycles. The van der Waals surface area contributed by atoms with Gasteiger partial charge >= 0.3 is 0 Å². The highest BCUT2D eigenvalue weighted by atomic mass is 15.4. The first-order valence-corrected chi connectivity index (χ1v) is 4.77. The molecule has 3 heterocycles. The van der Waals surface area contributed by atoms with E-state index in [2.05, 4.69) is 25.3 Å². The number of pyridine rings is 1. The standard InChI is InChI=1S/C10H8N6/c1-16-10-8(14-15-16)6-12-9(13-10)7-2-4-11-5-3-7/h2-6H,1H3. The van der Waals surface area contributed by atoms with Gasteiger partial charge in [0.2, 0.25) is 0 Å². The molecule has 0 fully saturated rings. The zero-order chi connectivity index (χ0) is 11.0. The lowest BCUT2D eigenvalue weighted by Gasteiger charge is -1.98. The summed E-state index contributed by atoms with van der Waals surface area (Å²) in [7, 11) is 1.80. The van der Waals surface area contributed by atoms with Crippen LogP contribution < -0.4 is 0 Å². The molecule has 0 aliphatic heterocycles. The lowest BCUT2D eigenvalue weighted by molar-refractivity contribution is 0.730. The molecule has 0 aliphatic rings. The van der Waals surface area contributed by atoms with Crippen molar-refractivity contribution in [2.45, 2.75) is 0 Å². The lowest BCUT2D eigenvalue weighted by atomic mass is 10.2. The molecule has 78 valence electrons. The first kappa shape index (κ1) is 8.90. The average molecular weight is 212 g/mol. The van der Waals surface area contributed by atoms with E-state index in [0.717, 1.165) is 11.2 Å². The van der Waals surface area contributed by atoms with Gasteiger partial charge in [0.25, 0.3) is 0 Å². The first-order chi connectivity index (χ1) is 7.84. The van der Waals surface area contributed by atoms with Crippen molar-refractivity contribution >= 4 is 11.2 Å². The highest BCUT2D eigenvalue weighted by Gasteiger charge is 2.06. The van der Waals surface area contributed by atoms with E-state index in [4.69, 9.17) is 0 Å². The molecule has 0 radical (unpaired) electrons. The van der Waals surface area contributed by atoms with Crippen LogP contribution in [0.2, 0.25) is 0 Å². The Morgan fingerprint density at radius 2 is 2.00 bits per heavy atom. The van der Waals surface area contributed by atoms with Crippen LogP contribution >= 0.6 is 0 Å². The molecule has 0 aromatic carbocycles. The van der Waals surface area contributed by atoms with E-state index in [1.807, 2.05) is 12.1 Å². The third kappa shape index (κ3) is 1.31. The summed E-state index contributed by atoms with van der Waals surface area (Å²) in [4.78, 5) is 12.6. The van der Waals surface area contributed by atoms with E-state index in [-0.39, 0.29) is 0 Å². The molecule has 6 heteroatoms. The number of aryl methyl sites for hydroxylation is 1. The fourth-order valence-electron chi connectivity index (χ4n) is 1.47. The molecule has 3 rings (SSSR count). The maximum absolute atomic E-state index is 4.40. The summed E-state index contributed by atoms with van der Waals surface area (Å²) in [6.07, 6.45) is 5.10. The molecule has 3 aromatic rings. The number of hydrogen-bond donors (Lipinski definition) is 0. The molecule has 3 aromatic heterocycles. The van der Waals surface area contributed by atoms with Crippen molar-refractivity contribution in [2.75, 3.05) is 0 Å². The van der Waals surface area contributed by atoms with Crippen molar-refractivity contribution in [3.8, 4) is 11.4 Å². The molecule has 0 spiro atoms. The Morgan fingerprint density at radius 3 is 2.81 bits per heavy atom. The molecule has 16 heavy (non-hydrogen) atoms. The second-order valence-electron chi connectivity index (χ2n) is 3.35. The predicted octanol–water partition coefficient (Wildman–Crippen LogP) is 0.820. The molecule has 0 aliphatic carbocycles. The summed E-state index contributed by atoms with van der Waals surface area (Å²) in [6, 6.07) is 3.73. The maximum Gasteiger partial charge on any atom is 0.182 e. The maximum atomic E-state index is 4.40. The summed E-state index contributed by atoms with van der Waals surface area (Å²) in [5, 5.41) is 7.81. The molecule has 0 saturated carbocycles. The van der Waals surface area contributed by atoms with Crippen molar-refractivity contribution in [1.82, 2.24) is 29.9 Å². The number of rotatable bonds is 1. The largest absolute Gasteiger partial charge is 0.265 e. The van der Waals surface area contributed by atoms with E-state index < -0.39 is 0 Å². The van der Waals surface area contributed by atoms with Crippen molar-refractivity contribution in [3.63, 3.8) is 0 Å². The van der Waals surface area contributed by atoms with Crippen LogP contribution in [0.1, 0.15) is 0 Å². The Bertz CT molecular complexity index is 630. The zero-order valence-electron chi connectivity index (χ0n) is 8.57. The molecule has 0 N–H and O–H groups in total. The van der Waals surface area contributed by atoms with Crippen LogP contribution in [-0.2, 0) is 7.05 Å². The van der Waals surface area contributed by atoms with E-state index in [1.165, 1.54) is 0 Å². The molecular weight excluding hydrogens is 204 g/mol. The topological polar surface area (TPSA) is 69.4 Å². The number of aromatic nitrogens is 6. The van der Waals surface area contributed by atoms with E-state index in [9.17, 15) is 0 Å². The van der Waals surface area contributed by atoms with Crippen molar-refractivity contribution in [1.29, 1.82) is 0 Å². The number of hydrogen-bond acceptors (Lipinski definition) is 5. The summed E-state index contributed by atoms with van der Waals surface area (Å²) in [5.74, 6) is 0.653. The van der Waals surface area contributed by atoms with Crippen LogP contribution in [0.15, 0.2) is 30.7 Å². The fraction of sp³-hybridized carbons (Fsp3) is 0.100. The van der Waals surface area contributed by atoms with Gasteiger partial charge < -0.3 is 0 Å². The number of fused-ring (bicyclic) bond motifs is 1. The van der Waals surface area contributed by atoms with Crippen LogP contribution in [0.3, 0.4) is 0 Å². The van der Waals surface area contributed by atoms with Gasteiger partial charge in [0.05, 0.1) is 6.20 Å². The van der Waals surface area contributed by atoms with Gasteiger partial charge in [-0.2, -0.15) is 0 Å².